The molecule has 0 aliphatic rings. The van der Waals surface area contributed by atoms with Crippen LogP contribution in [-0.4, -0.2) is 29.1 Å². The van der Waals surface area contributed by atoms with Crippen molar-refractivity contribution in [3.05, 3.63) is 44.7 Å². The number of nitrogens with zero attached hydrogens (tertiary/aromatic N) is 3. The van der Waals surface area contributed by atoms with Gasteiger partial charge in [-0.1, -0.05) is 0 Å². The number of ether oxygens (including phenoxy) is 2. The van der Waals surface area contributed by atoms with E-state index in [4.69, 9.17) is 10.5 Å². The average molecular weight is 421 g/mol. The minimum atomic E-state index is -2.99. The lowest BCUT2D eigenvalue weighted by atomic mass is 10.1. The Bertz CT molecular complexity index is 756. The van der Waals surface area contributed by atoms with Crippen molar-refractivity contribution in [1.82, 2.24) is 9.97 Å². The molecule has 0 fully saturated rings. The Balaban J connectivity index is 0.000000251. The highest BCUT2D eigenvalue weighted by molar-refractivity contribution is 9.10. The summed E-state index contributed by atoms with van der Waals surface area (Å²) < 4.78 is 35.8. The fourth-order valence-electron chi connectivity index (χ4n) is 1.61. The number of hydrogen-bond acceptors (Lipinski definition) is 7. The second kappa shape index (κ2) is 8.51. The first-order chi connectivity index (χ1) is 11.6. The highest BCUT2D eigenvalue weighted by atomic mass is 79.9. The van der Waals surface area contributed by atoms with Gasteiger partial charge in [-0.05, 0) is 22.0 Å². The maximum Gasteiger partial charge on any atom is 0.288 e. The lowest BCUT2D eigenvalue weighted by molar-refractivity contribution is -0.385. The monoisotopic (exact) mass is 420 g/mol. The standard InChI is InChI=1S/C8H10F2N2O.C6H5BrN2O3/c1-8(9,10)6-3-5(11)4-12-7(6)13-2;1-12-6-5(7)2-4(3-8-6)9(10)11/h3-4H,11H2,1-2H3;2-3H,1H3. The normalized spacial score (nSPS) is 10.5. The van der Waals surface area contributed by atoms with E-state index in [2.05, 4.69) is 30.6 Å². The molecular formula is C14H15BrF2N4O4. The summed E-state index contributed by atoms with van der Waals surface area (Å²) in [5, 5.41) is 10.3. The number of halogens is 3. The van der Waals surface area contributed by atoms with E-state index < -0.39 is 10.8 Å². The van der Waals surface area contributed by atoms with Crippen LogP contribution in [0.1, 0.15) is 12.5 Å². The SMILES string of the molecule is COc1ncc(N)cc1C(C)(F)F.COc1ncc([N+](=O)[O-])cc1Br. The summed E-state index contributed by atoms with van der Waals surface area (Å²) in [5.41, 5.74) is 5.16. The summed E-state index contributed by atoms with van der Waals surface area (Å²) >= 11 is 3.08. The molecule has 0 radical (unpaired) electrons. The Morgan fingerprint density at radius 3 is 2.20 bits per heavy atom. The number of methoxy groups -OCH3 is 2. The van der Waals surface area contributed by atoms with E-state index in [9.17, 15) is 18.9 Å². The fraction of sp³-hybridized carbons (Fsp3) is 0.286. The lowest BCUT2D eigenvalue weighted by Crippen LogP contribution is -2.10. The van der Waals surface area contributed by atoms with Gasteiger partial charge in [-0.2, -0.15) is 0 Å². The number of nitro groups is 1. The Hall–Kier alpha value is -2.56. The molecule has 0 saturated heterocycles. The molecule has 2 rings (SSSR count). The molecule has 0 aliphatic carbocycles. The summed E-state index contributed by atoms with van der Waals surface area (Å²) in [6.45, 7) is 0.770. The lowest BCUT2D eigenvalue weighted by Gasteiger charge is -2.13. The van der Waals surface area contributed by atoms with E-state index in [0.717, 1.165) is 19.2 Å². The molecule has 0 aliphatic heterocycles. The molecule has 2 aromatic rings. The minimum Gasteiger partial charge on any atom is -0.481 e. The summed E-state index contributed by atoms with van der Waals surface area (Å²) in [6.07, 6.45) is 2.41. The van der Waals surface area contributed by atoms with Gasteiger partial charge in [-0.15, -0.1) is 0 Å². The summed E-state index contributed by atoms with van der Waals surface area (Å²) in [4.78, 5) is 17.1. The van der Waals surface area contributed by atoms with Crippen molar-refractivity contribution >= 4 is 27.3 Å². The second-order valence-corrected chi connectivity index (χ2v) is 5.51. The van der Waals surface area contributed by atoms with Crippen LogP contribution in [0.4, 0.5) is 20.2 Å². The molecule has 0 bridgehead atoms. The van der Waals surface area contributed by atoms with Crippen LogP contribution in [0.15, 0.2) is 29.0 Å². The third-order valence-electron chi connectivity index (χ3n) is 2.74. The largest absolute Gasteiger partial charge is 0.481 e. The molecule has 0 saturated carbocycles. The third kappa shape index (κ3) is 5.78. The van der Waals surface area contributed by atoms with Gasteiger partial charge in [0.1, 0.15) is 6.20 Å². The Morgan fingerprint density at radius 2 is 1.76 bits per heavy atom. The third-order valence-corrected chi connectivity index (χ3v) is 3.30. The van der Waals surface area contributed by atoms with Crippen LogP contribution >= 0.6 is 15.9 Å². The number of rotatable bonds is 4. The molecule has 0 spiro atoms. The predicted octanol–water partition coefficient (Wildman–Crippen LogP) is 3.55. The van der Waals surface area contributed by atoms with Gasteiger partial charge < -0.3 is 15.2 Å². The van der Waals surface area contributed by atoms with Gasteiger partial charge in [-0.3, -0.25) is 10.1 Å². The topological polar surface area (TPSA) is 113 Å². The smallest absolute Gasteiger partial charge is 0.288 e. The Morgan fingerprint density at radius 1 is 1.20 bits per heavy atom. The number of nitrogens with two attached hydrogens (primary N) is 1. The van der Waals surface area contributed by atoms with Crippen molar-refractivity contribution in [3.63, 3.8) is 0 Å². The molecule has 8 nitrogen and oxygen atoms in total. The maximum atomic E-state index is 12.9. The van der Waals surface area contributed by atoms with E-state index in [-0.39, 0.29) is 22.8 Å². The van der Waals surface area contributed by atoms with Crippen LogP contribution in [0.5, 0.6) is 11.8 Å². The molecule has 11 heteroatoms. The zero-order chi connectivity index (χ0) is 19.2. The van der Waals surface area contributed by atoms with Crippen molar-refractivity contribution in [3.8, 4) is 11.8 Å². The highest BCUT2D eigenvalue weighted by Gasteiger charge is 2.29. The van der Waals surface area contributed by atoms with Crippen LogP contribution in [0, 0.1) is 10.1 Å². The number of nitrogen functional groups attached to an aromatic ring is 1. The molecule has 2 aromatic heterocycles. The van der Waals surface area contributed by atoms with E-state index in [1.165, 1.54) is 26.5 Å². The van der Waals surface area contributed by atoms with Gasteiger partial charge in [0, 0.05) is 13.0 Å². The van der Waals surface area contributed by atoms with Gasteiger partial charge >= 0.3 is 0 Å². The number of hydrogen-bond donors (Lipinski definition) is 1. The van der Waals surface area contributed by atoms with Gasteiger partial charge in [-0.25, -0.2) is 18.7 Å². The first-order valence-electron chi connectivity index (χ1n) is 6.61. The number of anilines is 1. The Labute approximate surface area is 150 Å². The number of pyridine rings is 2. The molecule has 0 unspecified atom stereocenters. The minimum absolute atomic E-state index is 0.0670. The number of alkyl halides is 2. The molecular weight excluding hydrogens is 406 g/mol. The molecule has 0 atom stereocenters. The molecule has 0 amide bonds. The molecule has 2 N–H and O–H groups in total. The molecule has 0 aromatic carbocycles. The second-order valence-electron chi connectivity index (χ2n) is 4.66. The highest BCUT2D eigenvalue weighted by Crippen LogP contribution is 2.33. The Kier molecular flexibility index (Phi) is 6.97. The summed E-state index contributed by atoms with van der Waals surface area (Å²) in [6, 6.07) is 2.50. The van der Waals surface area contributed by atoms with E-state index in [0.29, 0.717) is 10.4 Å². The maximum absolute atomic E-state index is 12.9. The van der Waals surface area contributed by atoms with Gasteiger partial charge in [0.15, 0.2) is 0 Å². The van der Waals surface area contributed by atoms with E-state index in [1.807, 2.05) is 0 Å². The van der Waals surface area contributed by atoms with Gasteiger partial charge in [0.05, 0.1) is 41.1 Å². The first-order valence-corrected chi connectivity index (χ1v) is 7.41. The van der Waals surface area contributed by atoms with Crippen molar-refractivity contribution in [2.24, 2.45) is 0 Å². The summed E-state index contributed by atoms with van der Waals surface area (Å²) in [7, 11) is 2.73. The molecule has 2 heterocycles. The van der Waals surface area contributed by atoms with Crippen LogP contribution in [0.3, 0.4) is 0 Å². The fourth-order valence-corrected chi connectivity index (χ4v) is 2.11. The van der Waals surface area contributed by atoms with Crippen molar-refractivity contribution in [2.45, 2.75) is 12.8 Å². The van der Waals surface area contributed by atoms with Crippen LogP contribution in [0.25, 0.3) is 0 Å². The predicted molar refractivity (Wildman–Crippen MR) is 89.9 cm³/mol. The van der Waals surface area contributed by atoms with E-state index >= 15 is 0 Å². The van der Waals surface area contributed by atoms with Crippen LogP contribution in [-0.2, 0) is 5.92 Å². The van der Waals surface area contributed by atoms with Crippen LogP contribution < -0.4 is 15.2 Å². The van der Waals surface area contributed by atoms with E-state index in [1.54, 1.807) is 0 Å². The van der Waals surface area contributed by atoms with Crippen molar-refractivity contribution in [1.29, 1.82) is 0 Å². The van der Waals surface area contributed by atoms with Crippen LogP contribution in [0.2, 0.25) is 0 Å². The van der Waals surface area contributed by atoms with Crippen molar-refractivity contribution in [2.75, 3.05) is 20.0 Å². The van der Waals surface area contributed by atoms with Gasteiger partial charge in [0.2, 0.25) is 11.8 Å². The van der Waals surface area contributed by atoms with Gasteiger partial charge in [0.25, 0.3) is 11.6 Å². The number of aromatic nitrogens is 2. The first kappa shape index (κ1) is 20.5. The average Bonchev–Trinajstić information content (AvgIpc) is 2.54. The quantitative estimate of drug-likeness (QED) is 0.593. The van der Waals surface area contributed by atoms with Crippen molar-refractivity contribution < 1.29 is 23.2 Å². The summed E-state index contributed by atoms with van der Waals surface area (Å²) in [5.74, 6) is -2.75. The molecule has 25 heavy (non-hydrogen) atoms. The molecule has 136 valence electrons. The zero-order valence-electron chi connectivity index (χ0n) is 13.5. The zero-order valence-corrected chi connectivity index (χ0v) is 15.1.